The molecule has 0 aliphatic heterocycles. The van der Waals surface area contributed by atoms with E-state index in [1.54, 1.807) is 0 Å². The van der Waals surface area contributed by atoms with E-state index in [9.17, 15) is 5.11 Å². The van der Waals surface area contributed by atoms with Crippen molar-refractivity contribution in [3.63, 3.8) is 0 Å². The van der Waals surface area contributed by atoms with Gasteiger partial charge in [0, 0.05) is 13.1 Å². The predicted octanol–water partition coefficient (Wildman–Crippen LogP) is 0.542. The summed E-state index contributed by atoms with van der Waals surface area (Å²) in [6, 6.07) is 0. The Labute approximate surface area is 97.1 Å². The number of hydrogen-bond acceptors (Lipinski definition) is 5. The van der Waals surface area contributed by atoms with Crippen LogP contribution in [-0.2, 0) is 9.57 Å². The molecule has 3 N–H and O–H groups in total. The summed E-state index contributed by atoms with van der Waals surface area (Å²) in [6.07, 6.45) is -0.582. The molecule has 1 atom stereocenters. The third-order valence-electron chi connectivity index (χ3n) is 1.59. The maximum atomic E-state index is 9.48. The minimum Gasteiger partial charge on any atom is -0.478 e. The van der Waals surface area contributed by atoms with E-state index in [2.05, 4.69) is 24.0 Å². The molecule has 0 aliphatic rings. The molecule has 0 rings (SSSR count). The van der Waals surface area contributed by atoms with Gasteiger partial charge in [-0.3, -0.25) is 4.84 Å². The number of hydrogen-bond donors (Lipinski definition) is 3. The van der Waals surface area contributed by atoms with Crippen LogP contribution in [0.2, 0.25) is 0 Å². The van der Waals surface area contributed by atoms with Crippen LogP contribution in [0.3, 0.4) is 0 Å². The van der Waals surface area contributed by atoms with Crippen LogP contribution in [0.4, 0.5) is 0 Å². The minimum absolute atomic E-state index is 0.162. The van der Waals surface area contributed by atoms with Crippen molar-refractivity contribution in [3.8, 4) is 0 Å². The van der Waals surface area contributed by atoms with Crippen LogP contribution >= 0.6 is 0 Å². The van der Waals surface area contributed by atoms with E-state index in [1.807, 2.05) is 13.8 Å². The second-order valence-corrected chi connectivity index (χ2v) is 3.51. The third kappa shape index (κ3) is 9.51. The molecule has 0 aliphatic carbocycles. The van der Waals surface area contributed by atoms with Gasteiger partial charge in [0.05, 0.1) is 12.7 Å². The van der Waals surface area contributed by atoms with Crippen molar-refractivity contribution < 1.29 is 14.7 Å². The van der Waals surface area contributed by atoms with Crippen molar-refractivity contribution in [2.45, 2.75) is 20.0 Å². The highest BCUT2D eigenvalue weighted by atomic mass is 16.7. The van der Waals surface area contributed by atoms with E-state index < -0.39 is 6.10 Å². The van der Waals surface area contributed by atoms with Gasteiger partial charge in [0.1, 0.15) is 6.61 Å². The maximum absolute atomic E-state index is 9.48. The summed E-state index contributed by atoms with van der Waals surface area (Å²) in [4.78, 5) is 4.98. The number of ether oxygens (including phenoxy) is 1. The molecular formula is C11H22N2O3. The number of hydroxylamine groups is 1. The van der Waals surface area contributed by atoms with Crippen molar-refractivity contribution in [2.24, 2.45) is 0 Å². The van der Waals surface area contributed by atoms with Gasteiger partial charge in [0.15, 0.2) is 0 Å². The molecular weight excluding hydrogens is 208 g/mol. The molecule has 5 heteroatoms. The molecule has 0 saturated heterocycles. The zero-order valence-corrected chi connectivity index (χ0v) is 10.1. The molecule has 0 heterocycles. The fraction of sp³-hybridized carbons (Fsp3) is 0.636. The van der Waals surface area contributed by atoms with Crippen molar-refractivity contribution in [1.29, 1.82) is 0 Å². The Kier molecular flexibility index (Phi) is 8.61. The SMILES string of the molecule is C=C(C)CNCC(O)CONC(=C)OCC. The topological polar surface area (TPSA) is 62.8 Å². The molecule has 94 valence electrons. The fourth-order valence-corrected chi connectivity index (χ4v) is 0.933. The summed E-state index contributed by atoms with van der Waals surface area (Å²) in [5, 5.41) is 12.5. The summed E-state index contributed by atoms with van der Waals surface area (Å²) in [7, 11) is 0. The monoisotopic (exact) mass is 230 g/mol. The number of aliphatic hydroxyl groups excluding tert-OH is 1. The summed E-state index contributed by atoms with van der Waals surface area (Å²) < 4.78 is 5.00. The molecule has 0 spiro atoms. The highest BCUT2D eigenvalue weighted by Crippen LogP contribution is 1.89. The Hall–Kier alpha value is -1.04. The standard InChI is InChI=1S/C11H22N2O3/c1-5-15-10(4)13-16-8-11(14)7-12-6-9(2)3/h11-14H,2,4-8H2,1,3H3. The van der Waals surface area contributed by atoms with Crippen LogP contribution in [0, 0.1) is 0 Å². The predicted molar refractivity (Wildman–Crippen MR) is 63.5 cm³/mol. The molecule has 16 heavy (non-hydrogen) atoms. The summed E-state index contributed by atoms with van der Waals surface area (Å²) in [6.45, 7) is 12.9. The molecule has 0 bridgehead atoms. The lowest BCUT2D eigenvalue weighted by Gasteiger charge is -2.14. The third-order valence-corrected chi connectivity index (χ3v) is 1.59. The molecule has 0 aromatic carbocycles. The Bertz CT molecular complexity index is 219. The first-order valence-electron chi connectivity index (χ1n) is 5.29. The van der Waals surface area contributed by atoms with Crippen LogP contribution in [0.15, 0.2) is 24.6 Å². The molecule has 0 fully saturated rings. The molecule has 0 radical (unpaired) electrons. The summed E-state index contributed by atoms with van der Waals surface area (Å²) in [5.74, 6) is 0.338. The van der Waals surface area contributed by atoms with Crippen LogP contribution < -0.4 is 10.8 Å². The molecule has 0 aromatic heterocycles. The highest BCUT2D eigenvalue weighted by Gasteiger charge is 2.04. The minimum atomic E-state index is -0.582. The molecule has 0 saturated carbocycles. The largest absolute Gasteiger partial charge is 0.478 e. The number of rotatable bonds is 10. The Morgan fingerprint density at radius 3 is 2.69 bits per heavy atom. The Morgan fingerprint density at radius 2 is 2.12 bits per heavy atom. The van der Waals surface area contributed by atoms with Crippen molar-refractivity contribution >= 4 is 0 Å². The summed E-state index contributed by atoms with van der Waals surface area (Å²) >= 11 is 0. The van der Waals surface area contributed by atoms with Gasteiger partial charge in [0.25, 0.3) is 0 Å². The normalized spacial score (nSPS) is 11.9. The van der Waals surface area contributed by atoms with Gasteiger partial charge in [-0.2, -0.15) is 0 Å². The lowest BCUT2D eigenvalue weighted by molar-refractivity contribution is -0.0292. The van der Waals surface area contributed by atoms with Gasteiger partial charge >= 0.3 is 0 Å². The lowest BCUT2D eigenvalue weighted by Crippen LogP contribution is -2.33. The molecule has 0 aromatic rings. The van der Waals surface area contributed by atoms with Crippen LogP contribution in [0.5, 0.6) is 0 Å². The molecule has 0 amide bonds. The van der Waals surface area contributed by atoms with Gasteiger partial charge in [-0.1, -0.05) is 12.2 Å². The smallest absolute Gasteiger partial charge is 0.203 e. The quantitative estimate of drug-likeness (QED) is 0.290. The van der Waals surface area contributed by atoms with Crippen molar-refractivity contribution in [2.75, 3.05) is 26.3 Å². The lowest BCUT2D eigenvalue weighted by atomic mass is 10.3. The van der Waals surface area contributed by atoms with Gasteiger partial charge < -0.3 is 15.2 Å². The number of nitrogens with one attached hydrogen (secondary N) is 2. The van der Waals surface area contributed by atoms with Gasteiger partial charge in [-0.05, 0) is 20.4 Å². The van der Waals surface area contributed by atoms with Gasteiger partial charge in [0.2, 0.25) is 5.88 Å². The number of aliphatic hydroxyl groups is 1. The van der Waals surface area contributed by atoms with Gasteiger partial charge in [-0.15, -0.1) is 0 Å². The second-order valence-electron chi connectivity index (χ2n) is 3.51. The second kappa shape index (κ2) is 9.21. The van der Waals surface area contributed by atoms with Crippen molar-refractivity contribution in [1.82, 2.24) is 10.8 Å². The Morgan fingerprint density at radius 1 is 1.44 bits per heavy atom. The first-order valence-corrected chi connectivity index (χ1v) is 5.29. The van der Waals surface area contributed by atoms with Crippen LogP contribution in [0.1, 0.15) is 13.8 Å². The molecule has 5 nitrogen and oxygen atoms in total. The van der Waals surface area contributed by atoms with E-state index in [1.165, 1.54) is 0 Å². The Balaban J connectivity index is 3.39. The molecule has 1 unspecified atom stereocenters. The van der Waals surface area contributed by atoms with E-state index in [-0.39, 0.29) is 6.61 Å². The first kappa shape index (κ1) is 15.0. The van der Waals surface area contributed by atoms with E-state index in [4.69, 9.17) is 9.57 Å². The first-order chi connectivity index (χ1) is 7.56. The maximum Gasteiger partial charge on any atom is 0.203 e. The van der Waals surface area contributed by atoms with Crippen LogP contribution in [-0.4, -0.2) is 37.5 Å². The van der Waals surface area contributed by atoms with Crippen molar-refractivity contribution in [3.05, 3.63) is 24.6 Å². The van der Waals surface area contributed by atoms with E-state index in [0.717, 1.165) is 5.57 Å². The van der Waals surface area contributed by atoms with E-state index in [0.29, 0.717) is 25.6 Å². The summed E-state index contributed by atoms with van der Waals surface area (Å²) in [5.41, 5.74) is 3.52. The van der Waals surface area contributed by atoms with Gasteiger partial charge in [-0.25, -0.2) is 5.48 Å². The zero-order valence-electron chi connectivity index (χ0n) is 10.1. The van der Waals surface area contributed by atoms with Crippen LogP contribution in [0.25, 0.3) is 0 Å². The zero-order chi connectivity index (χ0) is 12.4. The average molecular weight is 230 g/mol. The average Bonchev–Trinajstić information content (AvgIpc) is 2.17. The highest BCUT2D eigenvalue weighted by molar-refractivity contribution is 4.90. The van der Waals surface area contributed by atoms with E-state index >= 15 is 0 Å². The fourth-order valence-electron chi connectivity index (χ4n) is 0.933.